The van der Waals surface area contributed by atoms with E-state index >= 15 is 0 Å². The Balaban J connectivity index is 1.66. The van der Waals surface area contributed by atoms with Crippen molar-refractivity contribution in [3.05, 3.63) is 142 Å². The number of aryl methyl sites for hydroxylation is 1. The van der Waals surface area contributed by atoms with Crippen LogP contribution in [0.3, 0.4) is 0 Å². The summed E-state index contributed by atoms with van der Waals surface area (Å²) in [4.78, 5) is 29.1. The van der Waals surface area contributed by atoms with Gasteiger partial charge in [-0.3, -0.25) is 9.59 Å². The zero-order chi connectivity index (χ0) is 25.3. The van der Waals surface area contributed by atoms with Gasteiger partial charge in [0.25, 0.3) is 0 Å². The Morgan fingerprint density at radius 2 is 1.33 bits per heavy atom. The van der Waals surface area contributed by atoms with Crippen molar-refractivity contribution in [2.45, 2.75) is 32.5 Å². The van der Waals surface area contributed by atoms with Gasteiger partial charge in [0.2, 0.25) is 11.8 Å². The Bertz CT molecular complexity index is 1270. The summed E-state index contributed by atoms with van der Waals surface area (Å²) in [6.07, 6.45) is 0.197. The molecule has 0 radical (unpaired) electrons. The molecular weight excluding hydrogens is 468 g/mol. The van der Waals surface area contributed by atoms with Crippen molar-refractivity contribution in [3.8, 4) is 0 Å². The number of rotatable bonds is 9. The lowest BCUT2D eigenvalue weighted by atomic mass is 10.0. The zero-order valence-electron chi connectivity index (χ0n) is 20.2. The van der Waals surface area contributed by atoms with Crippen LogP contribution < -0.4 is 5.32 Å². The normalized spacial score (nSPS) is 11.5. The molecule has 0 spiro atoms. The average molecular weight is 497 g/mol. The minimum absolute atomic E-state index is 0.129. The van der Waals surface area contributed by atoms with E-state index in [4.69, 9.17) is 11.6 Å². The van der Waals surface area contributed by atoms with Crippen LogP contribution in [0, 0.1) is 6.92 Å². The minimum Gasteiger partial charge on any atom is -0.350 e. The van der Waals surface area contributed by atoms with Gasteiger partial charge in [-0.2, -0.15) is 0 Å². The first kappa shape index (κ1) is 25.2. The molecule has 182 valence electrons. The van der Waals surface area contributed by atoms with E-state index in [-0.39, 0.29) is 24.8 Å². The fourth-order valence-corrected chi connectivity index (χ4v) is 4.21. The van der Waals surface area contributed by atoms with Gasteiger partial charge in [-0.15, -0.1) is 0 Å². The number of nitrogens with zero attached hydrogens (tertiary/aromatic N) is 1. The molecule has 4 aromatic rings. The molecule has 4 aromatic carbocycles. The summed E-state index contributed by atoms with van der Waals surface area (Å²) >= 11 is 6.09. The number of amides is 2. The molecule has 0 aliphatic heterocycles. The lowest BCUT2D eigenvalue weighted by Gasteiger charge is -2.32. The fourth-order valence-electron chi connectivity index (χ4n) is 4.08. The summed E-state index contributed by atoms with van der Waals surface area (Å²) < 4.78 is 0. The second-order valence-corrected chi connectivity index (χ2v) is 9.26. The SMILES string of the molecule is Cc1ccc(CNC(=O)[C@@H](c2ccccc2)N(Cc2ccc(Cl)cc2)C(=O)Cc2ccccc2)cc1. The van der Waals surface area contributed by atoms with Crippen LogP contribution in [0.25, 0.3) is 0 Å². The van der Waals surface area contributed by atoms with Crippen molar-refractivity contribution in [2.24, 2.45) is 0 Å². The van der Waals surface area contributed by atoms with Gasteiger partial charge >= 0.3 is 0 Å². The van der Waals surface area contributed by atoms with Crippen LogP contribution in [0.1, 0.15) is 33.9 Å². The first-order chi connectivity index (χ1) is 17.5. The molecule has 1 atom stereocenters. The highest BCUT2D eigenvalue weighted by Gasteiger charge is 2.31. The average Bonchev–Trinajstić information content (AvgIpc) is 2.90. The Labute approximate surface area is 217 Å². The summed E-state index contributed by atoms with van der Waals surface area (Å²) in [6.45, 7) is 2.69. The highest BCUT2D eigenvalue weighted by Crippen LogP contribution is 2.25. The molecule has 4 nitrogen and oxygen atoms in total. The molecule has 0 fully saturated rings. The second-order valence-electron chi connectivity index (χ2n) is 8.83. The van der Waals surface area contributed by atoms with Crippen LogP contribution >= 0.6 is 11.6 Å². The molecule has 0 unspecified atom stereocenters. The number of hydrogen-bond donors (Lipinski definition) is 1. The van der Waals surface area contributed by atoms with E-state index in [1.165, 1.54) is 0 Å². The highest BCUT2D eigenvalue weighted by atomic mass is 35.5. The third-order valence-corrected chi connectivity index (χ3v) is 6.30. The Morgan fingerprint density at radius 3 is 1.97 bits per heavy atom. The van der Waals surface area contributed by atoms with Gasteiger partial charge in [0.1, 0.15) is 6.04 Å². The van der Waals surface area contributed by atoms with Crippen LogP contribution in [0.2, 0.25) is 5.02 Å². The molecule has 0 aliphatic rings. The van der Waals surface area contributed by atoms with Gasteiger partial charge in [-0.1, -0.05) is 114 Å². The molecule has 4 rings (SSSR count). The largest absolute Gasteiger partial charge is 0.350 e. The molecule has 0 bridgehead atoms. The quantitative estimate of drug-likeness (QED) is 0.296. The summed E-state index contributed by atoms with van der Waals surface area (Å²) in [7, 11) is 0. The van der Waals surface area contributed by atoms with Crippen molar-refractivity contribution in [2.75, 3.05) is 0 Å². The van der Waals surface area contributed by atoms with Gasteiger partial charge in [0.15, 0.2) is 0 Å². The van der Waals surface area contributed by atoms with Gasteiger partial charge in [0, 0.05) is 18.1 Å². The van der Waals surface area contributed by atoms with E-state index in [0.717, 1.165) is 27.8 Å². The lowest BCUT2D eigenvalue weighted by molar-refractivity contribution is -0.141. The predicted octanol–water partition coefficient (Wildman–Crippen LogP) is 6.28. The maximum atomic E-state index is 13.7. The van der Waals surface area contributed by atoms with E-state index in [9.17, 15) is 9.59 Å². The maximum absolute atomic E-state index is 13.7. The molecule has 0 heterocycles. The van der Waals surface area contributed by atoms with E-state index in [1.54, 1.807) is 17.0 Å². The number of nitrogens with one attached hydrogen (secondary N) is 1. The van der Waals surface area contributed by atoms with Crippen LogP contribution in [-0.2, 0) is 29.1 Å². The monoisotopic (exact) mass is 496 g/mol. The van der Waals surface area contributed by atoms with Gasteiger partial charge in [0.05, 0.1) is 6.42 Å². The Morgan fingerprint density at radius 1 is 0.750 bits per heavy atom. The van der Waals surface area contributed by atoms with Gasteiger partial charge in [-0.05, 0) is 41.3 Å². The molecule has 1 N–H and O–H groups in total. The standard InChI is InChI=1S/C31H29ClN2O2/c1-23-12-14-25(15-13-23)21-33-31(36)30(27-10-6-3-7-11-27)34(22-26-16-18-28(32)19-17-26)29(35)20-24-8-4-2-5-9-24/h2-19,30H,20-22H2,1H3,(H,33,36)/t30-/m1/s1. The van der Waals surface area contributed by atoms with Crippen LogP contribution in [0.5, 0.6) is 0 Å². The minimum atomic E-state index is -0.788. The van der Waals surface area contributed by atoms with E-state index in [0.29, 0.717) is 11.6 Å². The van der Waals surface area contributed by atoms with Crippen molar-refractivity contribution in [1.82, 2.24) is 10.2 Å². The van der Waals surface area contributed by atoms with E-state index in [1.807, 2.05) is 104 Å². The van der Waals surface area contributed by atoms with Crippen molar-refractivity contribution in [3.63, 3.8) is 0 Å². The summed E-state index contributed by atoms with van der Waals surface area (Å²) in [6, 6.07) is 33.7. The number of carbonyl (C=O) groups is 2. The molecule has 0 saturated heterocycles. The third kappa shape index (κ3) is 6.83. The van der Waals surface area contributed by atoms with Crippen molar-refractivity contribution < 1.29 is 9.59 Å². The van der Waals surface area contributed by atoms with Crippen LogP contribution in [0.15, 0.2) is 109 Å². The predicted molar refractivity (Wildman–Crippen MR) is 144 cm³/mol. The second kappa shape index (κ2) is 12.2. The lowest BCUT2D eigenvalue weighted by Crippen LogP contribution is -2.43. The summed E-state index contributed by atoms with van der Waals surface area (Å²) in [5, 5.41) is 3.68. The van der Waals surface area contributed by atoms with Crippen molar-refractivity contribution in [1.29, 1.82) is 0 Å². The number of benzene rings is 4. The van der Waals surface area contributed by atoms with Crippen LogP contribution in [-0.4, -0.2) is 16.7 Å². The van der Waals surface area contributed by atoms with Crippen LogP contribution in [0.4, 0.5) is 0 Å². The third-order valence-electron chi connectivity index (χ3n) is 6.05. The summed E-state index contributed by atoms with van der Waals surface area (Å²) in [5.41, 5.74) is 4.71. The molecule has 5 heteroatoms. The number of hydrogen-bond acceptors (Lipinski definition) is 2. The Hall–Kier alpha value is -3.89. The fraction of sp³-hybridized carbons (Fsp3) is 0.161. The zero-order valence-corrected chi connectivity index (χ0v) is 21.0. The molecule has 36 heavy (non-hydrogen) atoms. The number of carbonyl (C=O) groups excluding carboxylic acids is 2. The topological polar surface area (TPSA) is 49.4 Å². The molecule has 0 saturated carbocycles. The molecular formula is C31H29ClN2O2. The first-order valence-electron chi connectivity index (χ1n) is 12.0. The highest BCUT2D eigenvalue weighted by molar-refractivity contribution is 6.30. The number of halogens is 1. The summed E-state index contributed by atoms with van der Waals surface area (Å²) in [5.74, 6) is -0.354. The van der Waals surface area contributed by atoms with E-state index in [2.05, 4.69) is 5.32 Å². The first-order valence-corrected chi connectivity index (χ1v) is 12.3. The van der Waals surface area contributed by atoms with E-state index < -0.39 is 6.04 Å². The molecule has 2 amide bonds. The maximum Gasteiger partial charge on any atom is 0.247 e. The molecule has 0 aromatic heterocycles. The van der Waals surface area contributed by atoms with Gasteiger partial charge < -0.3 is 10.2 Å². The molecule has 0 aliphatic carbocycles. The van der Waals surface area contributed by atoms with Crippen molar-refractivity contribution >= 4 is 23.4 Å². The smallest absolute Gasteiger partial charge is 0.247 e. The van der Waals surface area contributed by atoms with Gasteiger partial charge in [-0.25, -0.2) is 0 Å². The Kier molecular flexibility index (Phi) is 8.53.